The number of nitrogens with zero attached hydrogens (tertiary/aromatic N) is 1. The fourth-order valence-corrected chi connectivity index (χ4v) is 4.09. The number of aromatic nitrogens is 2. The summed E-state index contributed by atoms with van der Waals surface area (Å²) in [5, 5.41) is 7.70. The summed E-state index contributed by atoms with van der Waals surface area (Å²) >= 11 is 1.60. The standard InChI is InChI=1S/C16H18N4OS/c21-16(20-14-7-11-3-6-13(14)19-11)10-1-4-12(5-2-10)22-15-8-17-9-18-15/h1-2,4-5,8-9,11,13-14,19H,3,6-7H2,(H,17,18)(H,20,21)/t11-,13+,14-/m1/s1. The van der Waals surface area contributed by atoms with Gasteiger partial charge in [0.15, 0.2) is 0 Å². The van der Waals surface area contributed by atoms with Gasteiger partial charge in [-0.05, 0) is 43.5 Å². The monoisotopic (exact) mass is 314 g/mol. The molecule has 114 valence electrons. The maximum atomic E-state index is 12.3. The van der Waals surface area contributed by atoms with Crippen molar-refractivity contribution in [2.24, 2.45) is 0 Å². The second-order valence-electron chi connectivity index (χ2n) is 5.91. The van der Waals surface area contributed by atoms with Crippen molar-refractivity contribution < 1.29 is 4.79 Å². The van der Waals surface area contributed by atoms with Gasteiger partial charge >= 0.3 is 0 Å². The van der Waals surface area contributed by atoms with Crippen molar-refractivity contribution in [1.29, 1.82) is 0 Å². The van der Waals surface area contributed by atoms with Gasteiger partial charge in [-0.15, -0.1) is 0 Å². The maximum absolute atomic E-state index is 12.3. The van der Waals surface area contributed by atoms with Crippen molar-refractivity contribution in [2.45, 2.75) is 47.3 Å². The largest absolute Gasteiger partial charge is 0.348 e. The number of rotatable bonds is 4. The van der Waals surface area contributed by atoms with E-state index in [1.165, 1.54) is 12.8 Å². The topological polar surface area (TPSA) is 69.8 Å². The van der Waals surface area contributed by atoms with Crippen molar-refractivity contribution >= 4 is 17.7 Å². The lowest BCUT2D eigenvalue weighted by Crippen LogP contribution is -2.42. The smallest absolute Gasteiger partial charge is 0.251 e. The van der Waals surface area contributed by atoms with E-state index in [4.69, 9.17) is 0 Å². The van der Waals surface area contributed by atoms with Crippen LogP contribution in [-0.2, 0) is 0 Å². The molecule has 3 heterocycles. The third-order valence-electron chi connectivity index (χ3n) is 4.43. The van der Waals surface area contributed by atoms with E-state index in [1.54, 1.807) is 24.3 Å². The summed E-state index contributed by atoms with van der Waals surface area (Å²) in [5.74, 6) is 0.0254. The number of amides is 1. The van der Waals surface area contributed by atoms with Crippen LogP contribution in [0.5, 0.6) is 0 Å². The minimum Gasteiger partial charge on any atom is -0.348 e. The number of hydrogen-bond donors (Lipinski definition) is 3. The molecule has 2 aromatic rings. The quantitative estimate of drug-likeness (QED) is 0.809. The number of carbonyl (C=O) groups is 1. The molecule has 4 rings (SSSR count). The van der Waals surface area contributed by atoms with Crippen LogP contribution in [0, 0.1) is 0 Å². The van der Waals surface area contributed by atoms with Crippen LogP contribution in [0.1, 0.15) is 29.6 Å². The molecule has 2 aliphatic rings. The number of benzene rings is 1. The van der Waals surface area contributed by atoms with Gasteiger partial charge in [0, 0.05) is 28.6 Å². The van der Waals surface area contributed by atoms with Crippen LogP contribution in [0.4, 0.5) is 0 Å². The van der Waals surface area contributed by atoms with Gasteiger partial charge < -0.3 is 15.6 Å². The summed E-state index contributed by atoms with van der Waals surface area (Å²) in [7, 11) is 0. The Bertz CT molecular complexity index is 655. The molecule has 1 aromatic carbocycles. The van der Waals surface area contributed by atoms with Crippen LogP contribution < -0.4 is 10.6 Å². The zero-order valence-corrected chi connectivity index (χ0v) is 12.9. The number of carbonyl (C=O) groups excluding carboxylic acids is 1. The highest BCUT2D eigenvalue weighted by molar-refractivity contribution is 7.99. The first kappa shape index (κ1) is 13.8. The summed E-state index contributed by atoms with van der Waals surface area (Å²) in [4.78, 5) is 20.5. The molecule has 5 nitrogen and oxygen atoms in total. The Morgan fingerprint density at radius 1 is 1.27 bits per heavy atom. The van der Waals surface area contributed by atoms with Crippen LogP contribution in [0.25, 0.3) is 0 Å². The zero-order valence-electron chi connectivity index (χ0n) is 12.1. The van der Waals surface area contributed by atoms with Crippen molar-refractivity contribution in [2.75, 3.05) is 0 Å². The van der Waals surface area contributed by atoms with E-state index in [0.29, 0.717) is 12.1 Å². The molecule has 22 heavy (non-hydrogen) atoms. The lowest BCUT2D eigenvalue weighted by molar-refractivity contribution is 0.0931. The molecular formula is C16H18N4OS. The minimum absolute atomic E-state index is 0.0254. The molecule has 0 aliphatic carbocycles. The Morgan fingerprint density at radius 3 is 2.77 bits per heavy atom. The normalized spacial score (nSPS) is 26.3. The van der Waals surface area contributed by atoms with Gasteiger partial charge in [0.2, 0.25) is 0 Å². The number of fused-ring (bicyclic) bond motifs is 2. The average Bonchev–Trinajstić information content (AvgIpc) is 3.25. The Morgan fingerprint density at radius 2 is 2.14 bits per heavy atom. The minimum atomic E-state index is 0.0254. The van der Waals surface area contributed by atoms with Crippen LogP contribution in [-0.4, -0.2) is 34.0 Å². The van der Waals surface area contributed by atoms with E-state index in [-0.39, 0.29) is 11.9 Å². The zero-order chi connectivity index (χ0) is 14.9. The van der Waals surface area contributed by atoms with Gasteiger partial charge in [-0.3, -0.25) is 4.79 Å². The first-order chi connectivity index (χ1) is 10.8. The van der Waals surface area contributed by atoms with Crippen LogP contribution in [0.3, 0.4) is 0 Å². The van der Waals surface area contributed by atoms with Gasteiger partial charge in [0.1, 0.15) is 0 Å². The SMILES string of the molecule is O=C(N[C@@H]1C[C@H]2CC[C@@H]1N2)c1ccc(Sc2cnc[nH]2)cc1. The summed E-state index contributed by atoms with van der Waals surface area (Å²) in [6.45, 7) is 0. The number of aromatic amines is 1. The van der Waals surface area contributed by atoms with Gasteiger partial charge in [-0.2, -0.15) is 0 Å². The average molecular weight is 314 g/mol. The van der Waals surface area contributed by atoms with Gasteiger partial charge in [0.25, 0.3) is 5.91 Å². The van der Waals surface area contributed by atoms with E-state index >= 15 is 0 Å². The fourth-order valence-electron chi connectivity index (χ4n) is 3.34. The predicted molar refractivity (Wildman–Crippen MR) is 85.0 cm³/mol. The lowest BCUT2D eigenvalue weighted by atomic mass is 9.95. The van der Waals surface area contributed by atoms with E-state index in [1.807, 2.05) is 24.3 Å². The number of nitrogens with one attached hydrogen (secondary N) is 3. The molecule has 0 radical (unpaired) electrons. The third kappa shape index (κ3) is 2.76. The fraction of sp³-hybridized carbons (Fsp3) is 0.375. The van der Waals surface area contributed by atoms with Crippen molar-refractivity contribution in [3.05, 3.63) is 42.4 Å². The highest BCUT2D eigenvalue weighted by atomic mass is 32.2. The third-order valence-corrected chi connectivity index (χ3v) is 5.39. The van der Waals surface area contributed by atoms with E-state index < -0.39 is 0 Å². The van der Waals surface area contributed by atoms with E-state index in [2.05, 4.69) is 20.6 Å². The molecule has 1 aromatic heterocycles. The Kier molecular flexibility index (Phi) is 3.63. The first-order valence-corrected chi connectivity index (χ1v) is 8.43. The van der Waals surface area contributed by atoms with E-state index in [9.17, 15) is 4.79 Å². The van der Waals surface area contributed by atoms with Crippen molar-refractivity contribution in [3.63, 3.8) is 0 Å². The Hall–Kier alpha value is -1.79. The maximum Gasteiger partial charge on any atom is 0.251 e. The molecule has 0 spiro atoms. The van der Waals surface area contributed by atoms with Crippen molar-refractivity contribution in [3.8, 4) is 0 Å². The molecular weight excluding hydrogens is 296 g/mol. The van der Waals surface area contributed by atoms with Crippen molar-refractivity contribution in [1.82, 2.24) is 20.6 Å². The second kappa shape index (κ2) is 5.78. The van der Waals surface area contributed by atoms with Gasteiger partial charge in [0.05, 0.1) is 17.6 Å². The molecule has 0 unspecified atom stereocenters. The number of H-pyrrole nitrogens is 1. The molecule has 0 saturated carbocycles. The van der Waals surface area contributed by atoms with Gasteiger partial charge in [-0.1, -0.05) is 11.8 Å². The number of imidazole rings is 1. The molecule has 2 fully saturated rings. The lowest BCUT2D eigenvalue weighted by Gasteiger charge is -2.21. The highest BCUT2D eigenvalue weighted by Crippen LogP contribution is 2.29. The second-order valence-corrected chi connectivity index (χ2v) is 7.02. The molecule has 3 atom stereocenters. The molecule has 1 amide bonds. The highest BCUT2D eigenvalue weighted by Gasteiger charge is 2.39. The van der Waals surface area contributed by atoms with Crippen LogP contribution >= 0.6 is 11.8 Å². The van der Waals surface area contributed by atoms with Crippen LogP contribution in [0.2, 0.25) is 0 Å². The first-order valence-electron chi connectivity index (χ1n) is 7.61. The molecule has 2 aliphatic heterocycles. The summed E-state index contributed by atoms with van der Waals surface area (Å²) in [6, 6.07) is 9.06. The molecule has 6 heteroatoms. The number of hydrogen-bond acceptors (Lipinski definition) is 4. The van der Waals surface area contributed by atoms with Crippen LogP contribution in [0.15, 0.2) is 46.7 Å². The van der Waals surface area contributed by atoms with E-state index in [0.717, 1.165) is 21.9 Å². The summed E-state index contributed by atoms with van der Waals surface area (Å²) in [6.07, 6.45) is 6.93. The Balaban J connectivity index is 1.38. The predicted octanol–water partition coefficient (Wildman–Crippen LogP) is 2.18. The summed E-state index contributed by atoms with van der Waals surface area (Å²) in [5.41, 5.74) is 0.719. The Labute approximate surface area is 133 Å². The molecule has 3 N–H and O–H groups in total. The van der Waals surface area contributed by atoms with Gasteiger partial charge in [-0.25, -0.2) is 4.98 Å². The summed E-state index contributed by atoms with van der Waals surface area (Å²) < 4.78 is 0. The molecule has 2 saturated heterocycles. The molecule has 2 bridgehead atoms.